The second-order valence-corrected chi connectivity index (χ2v) is 7.22. The zero-order valence-corrected chi connectivity index (χ0v) is 15.5. The monoisotopic (exact) mass is 387 g/mol. The Kier molecular flexibility index (Phi) is 6.33. The van der Waals surface area contributed by atoms with Gasteiger partial charge in [-0.25, -0.2) is 4.98 Å². The quantitative estimate of drug-likeness (QED) is 0.717. The van der Waals surface area contributed by atoms with Gasteiger partial charge in [-0.2, -0.15) is 13.2 Å². The Hall–Kier alpha value is -2.32. The molecule has 1 fully saturated rings. The lowest BCUT2D eigenvalue weighted by molar-refractivity contribution is -0.190. The standard InChI is InChI=1S/C18H24F3N3O3/c1-9(2)8-14(15(22)25)23-16(26)13-7-6-12(11-4-5-11)17(24-13)27-10(3)18(19,20)21/h6-7,9-11,14H,4-5,8H2,1-3H3,(H2,22,25)(H,23,26)/t10?,14-/m0/s1. The fraction of sp³-hybridized carbons (Fsp3) is 0.611. The van der Waals surface area contributed by atoms with Crippen molar-refractivity contribution in [2.75, 3.05) is 0 Å². The van der Waals surface area contributed by atoms with E-state index in [2.05, 4.69) is 10.3 Å². The molecule has 1 aromatic rings. The number of ether oxygens (including phenoxy) is 1. The van der Waals surface area contributed by atoms with Crippen LogP contribution < -0.4 is 15.8 Å². The number of primary amides is 1. The van der Waals surface area contributed by atoms with Crippen molar-refractivity contribution in [1.82, 2.24) is 10.3 Å². The highest BCUT2D eigenvalue weighted by atomic mass is 19.4. The molecule has 27 heavy (non-hydrogen) atoms. The van der Waals surface area contributed by atoms with Gasteiger partial charge in [-0.15, -0.1) is 0 Å². The highest BCUT2D eigenvalue weighted by molar-refractivity contribution is 5.96. The number of rotatable bonds is 8. The lowest BCUT2D eigenvalue weighted by atomic mass is 10.0. The molecular formula is C18H24F3N3O3. The van der Waals surface area contributed by atoms with E-state index in [1.807, 2.05) is 13.8 Å². The molecule has 1 aliphatic carbocycles. The maximum absolute atomic E-state index is 12.8. The molecule has 1 aliphatic rings. The van der Waals surface area contributed by atoms with Gasteiger partial charge >= 0.3 is 6.18 Å². The molecular weight excluding hydrogens is 363 g/mol. The summed E-state index contributed by atoms with van der Waals surface area (Å²) in [7, 11) is 0. The Morgan fingerprint density at radius 3 is 2.41 bits per heavy atom. The number of halogens is 3. The van der Waals surface area contributed by atoms with Crippen molar-refractivity contribution in [3.05, 3.63) is 23.4 Å². The Morgan fingerprint density at radius 1 is 1.30 bits per heavy atom. The van der Waals surface area contributed by atoms with E-state index in [0.717, 1.165) is 19.8 Å². The van der Waals surface area contributed by atoms with Crippen molar-refractivity contribution in [3.63, 3.8) is 0 Å². The minimum Gasteiger partial charge on any atom is -0.465 e. The highest BCUT2D eigenvalue weighted by Crippen LogP contribution is 2.44. The molecule has 2 rings (SSSR count). The van der Waals surface area contributed by atoms with E-state index in [0.29, 0.717) is 12.0 Å². The lowest BCUT2D eigenvalue weighted by Crippen LogP contribution is -2.45. The van der Waals surface area contributed by atoms with Crippen molar-refractivity contribution < 1.29 is 27.5 Å². The van der Waals surface area contributed by atoms with Crippen LogP contribution in [0.1, 0.15) is 62.0 Å². The number of amides is 2. The van der Waals surface area contributed by atoms with Gasteiger partial charge in [0.1, 0.15) is 11.7 Å². The summed E-state index contributed by atoms with van der Waals surface area (Å²) in [6.07, 6.45) is -4.59. The Bertz CT molecular complexity index is 703. The van der Waals surface area contributed by atoms with Gasteiger partial charge in [0.2, 0.25) is 11.8 Å². The van der Waals surface area contributed by atoms with Crippen molar-refractivity contribution in [2.24, 2.45) is 11.7 Å². The van der Waals surface area contributed by atoms with E-state index in [1.165, 1.54) is 6.07 Å². The third kappa shape index (κ3) is 5.83. The van der Waals surface area contributed by atoms with E-state index in [1.54, 1.807) is 6.07 Å². The second kappa shape index (κ2) is 8.14. The van der Waals surface area contributed by atoms with Gasteiger partial charge in [-0.1, -0.05) is 19.9 Å². The fourth-order valence-electron chi connectivity index (χ4n) is 2.56. The number of aromatic nitrogens is 1. The maximum Gasteiger partial charge on any atom is 0.425 e. The molecule has 0 aliphatic heterocycles. The number of hydrogen-bond donors (Lipinski definition) is 2. The summed E-state index contributed by atoms with van der Waals surface area (Å²) in [5.74, 6) is -1.38. The van der Waals surface area contributed by atoms with Crippen molar-refractivity contribution in [3.8, 4) is 5.88 Å². The maximum atomic E-state index is 12.8. The number of nitrogens with two attached hydrogens (primary N) is 1. The molecule has 0 aromatic carbocycles. The van der Waals surface area contributed by atoms with Crippen LogP contribution in [0.25, 0.3) is 0 Å². The van der Waals surface area contributed by atoms with Crippen LogP contribution in [0.15, 0.2) is 12.1 Å². The summed E-state index contributed by atoms with van der Waals surface area (Å²) in [5, 5.41) is 2.49. The van der Waals surface area contributed by atoms with Crippen LogP contribution in [0, 0.1) is 5.92 Å². The summed E-state index contributed by atoms with van der Waals surface area (Å²) in [4.78, 5) is 27.9. The molecule has 1 heterocycles. The van der Waals surface area contributed by atoms with Crippen LogP contribution in [0.4, 0.5) is 13.2 Å². The van der Waals surface area contributed by atoms with Gasteiger partial charge in [0.15, 0.2) is 6.10 Å². The molecule has 0 spiro atoms. The summed E-state index contributed by atoms with van der Waals surface area (Å²) >= 11 is 0. The van der Waals surface area contributed by atoms with E-state index < -0.39 is 30.1 Å². The van der Waals surface area contributed by atoms with Gasteiger partial charge in [-0.3, -0.25) is 9.59 Å². The summed E-state index contributed by atoms with van der Waals surface area (Å²) in [6, 6.07) is 2.09. The van der Waals surface area contributed by atoms with E-state index >= 15 is 0 Å². The molecule has 1 aromatic heterocycles. The first-order chi connectivity index (χ1) is 12.5. The third-order valence-electron chi connectivity index (χ3n) is 4.24. The normalized spacial score (nSPS) is 16.7. The number of carbonyl (C=O) groups excluding carboxylic acids is 2. The molecule has 0 saturated heterocycles. The zero-order chi connectivity index (χ0) is 20.4. The fourth-order valence-corrected chi connectivity index (χ4v) is 2.56. The van der Waals surface area contributed by atoms with E-state index in [4.69, 9.17) is 10.5 Å². The van der Waals surface area contributed by atoms with Crippen molar-refractivity contribution in [2.45, 2.75) is 64.3 Å². The topological polar surface area (TPSA) is 94.3 Å². The molecule has 6 nitrogen and oxygen atoms in total. The molecule has 2 amide bonds. The molecule has 1 unspecified atom stereocenters. The largest absolute Gasteiger partial charge is 0.465 e. The summed E-state index contributed by atoms with van der Waals surface area (Å²) < 4.78 is 43.5. The number of nitrogens with zero attached hydrogens (tertiary/aromatic N) is 1. The molecule has 1 saturated carbocycles. The predicted molar refractivity (Wildman–Crippen MR) is 92.3 cm³/mol. The Labute approximate surface area is 155 Å². The lowest BCUT2D eigenvalue weighted by Gasteiger charge is -2.20. The van der Waals surface area contributed by atoms with Crippen LogP contribution in [0.5, 0.6) is 5.88 Å². The van der Waals surface area contributed by atoms with Crippen molar-refractivity contribution in [1.29, 1.82) is 0 Å². The second-order valence-electron chi connectivity index (χ2n) is 7.22. The molecule has 0 radical (unpaired) electrons. The average Bonchev–Trinajstić information content (AvgIpc) is 3.37. The van der Waals surface area contributed by atoms with Gasteiger partial charge in [0.25, 0.3) is 5.91 Å². The Balaban J connectivity index is 2.22. The molecule has 150 valence electrons. The first-order valence-electron chi connectivity index (χ1n) is 8.83. The van der Waals surface area contributed by atoms with Crippen LogP contribution in [-0.4, -0.2) is 35.1 Å². The Morgan fingerprint density at radius 2 is 1.93 bits per heavy atom. The van der Waals surface area contributed by atoms with E-state index in [9.17, 15) is 22.8 Å². The van der Waals surface area contributed by atoms with Crippen LogP contribution in [0.2, 0.25) is 0 Å². The smallest absolute Gasteiger partial charge is 0.425 e. The van der Waals surface area contributed by atoms with Gasteiger partial charge in [-0.05, 0) is 44.1 Å². The summed E-state index contributed by atoms with van der Waals surface area (Å²) in [6.45, 7) is 4.63. The minimum absolute atomic E-state index is 0.0874. The highest BCUT2D eigenvalue weighted by Gasteiger charge is 2.39. The molecule has 0 bridgehead atoms. The minimum atomic E-state index is -4.55. The number of nitrogens with one attached hydrogen (secondary N) is 1. The number of pyridine rings is 1. The van der Waals surface area contributed by atoms with Gasteiger partial charge in [0.05, 0.1) is 0 Å². The number of carbonyl (C=O) groups is 2. The summed E-state index contributed by atoms with van der Waals surface area (Å²) in [5.41, 5.74) is 5.73. The predicted octanol–water partition coefficient (Wildman–Crippen LogP) is 2.92. The molecule has 2 atom stereocenters. The van der Waals surface area contributed by atoms with Crippen molar-refractivity contribution >= 4 is 11.8 Å². The number of hydrogen-bond acceptors (Lipinski definition) is 4. The van der Waals surface area contributed by atoms with Gasteiger partial charge in [0, 0.05) is 5.56 Å². The first kappa shape index (κ1) is 21.0. The van der Waals surface area contributed by atoms with Crippen LogP contribution >= 0.6 is 0 Å². The zero-order valence-electron chi connectivity index (χ0n) is 15.5. The average molecular weight is 387 g/mol. The molecule has 9 heteroatoms. The van der Waals surface area contributed by atoms with Crippen LogP contribution in [0.3, 0.4) is 0 Å². The SMILES string of the molecule is CC(C)C[C@H](NC(=O)c1ccc(C2CC2)c(OC(C)C(F)(F)F)n1)C(N)=O. The van der Waals surface area contributed by atoms with E-state index in [-0.39, 0.29) is 23.4 Å². The van der Waals surface area contributed by atoms with Gasteiger partial charge < -0.3 is 15.8 Å². The number of alkyl halides is 3. The third-order valence-corrected chi connectivity index (χ3v) is 4.24. The molecule has 3 N–H and O–H groups in total. The van der Waals surface area contributed by atoms with Crippen LogP contribution in [-0.2, 0) is 4.79 Å². The first-order valence-corrected chi connectivity index (χ1v) is 8.83.